The van der Waals surface area contributed by atoms with Gasteiger partial charge >= 0.3 is 12.1 Å². The summed E-state index contributed by atoms with van der Waals surface area (Å²) in [5.74, 6) is -2.20. The van der Waals surface area contributed by atoms with Crippen LogP contribution in [-0.2, 0) is 46.2 Å². The van der Waals surface area contributed by atoms with E-state index < -0.39 is 53.7 Å². The van der Waals surface area contributed by atoms with Gasteiger partial charge in [0.05, 0.1) is 13.2 Å². The topological polar surface area (TPSA) is 141 Å². The van der Waals surface area contributed by atoms with Gasteiger partial charge in [-0.25, -0.2) is 9.59 Å². The molecule has 0 spiro atoms. The SMILES string of the molecule is COCO[C@H](C(=O)N[C@H](C(=O)N[C@@H](Cc1ccccc1)C(=O)OC)C(C)C)[C@@H](Cc1ccccc1)NC(=O)OC(C)(C)C. The van der Waals surface area contributed by atoms with Crippen molar-refractivity contribution in [3.05, 3.63) is 71.8 Å². The highest BCUT2D eigenvalue weighted by Crippen LogP contribution is 2.14. The van der Waals surface area contributed by atoms with Crippen molar-refractivity contribution in [2.75, 3.05) is 21.0 Å². The monoisotopic (exact) mass is 599 g/mol. The highest BCUT2D eigenvalue weighted by atomic mass is 16.7. The molecule has 0 radical (unpaired) electrons. The van der Waals surface area contributed by atoms with Crippen LogP contribution in [0.2, 0.25) is 0 Å². The molecule has 0 aromatic heterocycles. The molecule has 2 aromatic carbocycles. The predicted molar refractivity (Wildman–Crippen MR) is 161 cm³/mol. The standard InChI is InChI=1S/C32H45N3O8/c1-21(2)26(28(36)33-25(30(38)41-7)19-23-16-12-9-13-17-23)35-29(37)27(42-20-40-6)24(18-22-14-10-8-11-15-22)34-31(39)43-32(3,4)5/h8-17,21,24-27H,18-20H2,1-7H3,(H,33,36)(H,34,39)(H,35,37)/t24-,25+,26+,27+/m1/s1. The Kier molecular flexibility index (Phi) is 14.1. The molecule has 0 saturated carbocycles. The molecule has 0 unspecified atom stereocenters. The lowest BCUT2D eigenvalue weighted by Gasteiger charge is -2.31. The first-order chi connectivity index (χ1) is 20.3. The molecule has 0 aliphatic rings. The lowest BCUT2D eigenvalue weighted by Crippen LogP contribution is -2.59. The lowest BCUT2D eigenvalue weighted by molar-refractivity contribution is -0.148. The van der Waals surface area contributed by atoms with Crippen molar-refractivity contribution >= 4 is 23.9 Å². The first kappa shape index (κ1) is 35.2. The zero-order valence-corrected chi connectivity index (χ0v) is 26.0. The number of carbonyl (C=O) groups excluding carboxylic acids is 4. The summed E-state index contributed by atoms with van der Waals surface area (Å²) in [7, 11) is 2.66. The number of nitrogens with one attached hydrogen (secondary N) is 3. The summed E-state index contributed by atoms with van der Waals surface area (Å²) in [6, 6.07) is 15.6. The van der Waals surface area contributed by atoms with Gasteiger partial charge in [0.1, 0.15) is 24.5 Å². The van der Waals surface area contributed by atoms with Gasteiger partial charge in [-0.15, -0.1) is 0 Å². The van der Waals surface area contributed by atoms with Crippen LogP contribution < -0.4 is 16.0 Å². The molecule has 3 amide bonds. The van der Waals surface area contributed by atoms with Gasteiger partial charge in [0.2, 0.25) is 5.91 Å². The third-order valence-electron chi connectivity index (χ3n) is 6.32. The molecule has 0 fully saturated rings. The highest BCUT2D eigenvalue weighted by Gasteiger charge is 2.36. The van der Waals surface area contributed by atoms with E-state index >= 15 is 0 Å². The van der Waals surface area contributed by atoms with Crippen LogP contribution in [0.3, 0.4) is 0 Å². The number of benzene rings is 2. The van der Waals surface area contributed by atoms with Crippen molar-refractivity contribution in [2.24, 2.45) is 5.92 Å². The minimum absolute atomic E-state index is 0.205. The Morgan fingerprint density at radius 3 is 1.81 bits per heavy atom. The van der Waals surface area contributed by atoms with Crippen molar-refractivity contribution < 1.29 is 38.1 Å². The summed E-state index contributed by atoms with van der Waals surface area (Å²) in [5, 5.41) is 8.25. The number of alkyl carbamates (subject to hydrolysis) is 1. The van der Waals surface area contributed by atoms with Gasteiger partial charge in [0, 0.05) is 13.5 Å². The van der Waals surface area contributed by atoms with E-state index in [2.05, 4.69) is 16.0 Å². The Balaban J connectivity index is 2.31. The minimum Gasteiger partial charge on any atom is -0.467 e. The average molecular weight is 600 g/mol. The molecule has 3 N–H and O–H groups in total. The third kappa shape index (κ3) is 12.4. The summed E-state index contributed by atoms with van der Waals surface area (Å²) in [6.45, 7) is 8.47. The summed E-state index contributed by atoms with van der Waals surface area (Å²) in [5.41, 5.74) is 0.888. The van der Waals surface area contributed by atoms with E-state index in [0.29, 0.717) is 0 Å². The van der Waals surface area contributed by atoms with Crippen molar-refractivity contribution in [1.82, 2.24) is 16.0 Å². The second kappa shape index (κ2) is 17.2. The second-order valence-electron chi connectivity index (χ2n) is 11.4. The Bertz CT molecular complexity index is 1170. The van der Waals surface area contributed by atoms with E-state index in [9.17, 15) is 19.2 Å². The number of ether oxygens (including phenoxy) is 4. The second-order valence-corrected chi connectivity index (χ2v) is 11.4. The van der Waals surface area contributed by atoms with Crippen LogP contribution in [0.4, 0.5) is 4.79 Å². The lowest BCUT2D eigenvalue weighted by atomic mass is 9.98. The molecule has 43 heavy (non-hydrogen) atoms. The fourth-order valence-corrected chi connectivity index (χ4v) is 4.29. The highest BCUT2D eigenvalue weighted by molar-refractivity contribution is 5.92. The first-order valence-corrected chi connectivity index (χ1v) is 14.2. The minimum atomic E-state index is -1.26. The number of rotatable bonds is 15. The molecule has 0 bridgehead atoms. The molecule has 11 nitrogen and oxygen atoms in total. The fraction of sp³-hybridized carbons (Fsp3) is 0.500. The number of methoxy groups -OCH3 is 2. The third-order valence-corrected chi connectivity index (χ3v) is 6.32. The van der Waals surface area contributed by atoms with Crippen LogP contribution in [0.15, 0.2) is 60.7 Å². The largest absolute Gasteiger partial charge is 0.467 e. The van der Waals surface area contributed by atoms with E-state index in [1.54, 1.807) is 34.6 Å². The van der Waals surface area contributed by atoms with Gasteiger partial charge in [0.15, 0.2) is 6.10 Å². The maximum atomic E-state index is 13.8. The zero-order chi connectivity index (χ0) is 32.0. The van der Waals surface area contributed by atoms with Gasteiger partial charge in [-0.1, -0.05) is 74.5 Å². The first-order valence-electron chi connectivity index (χ1n) is 14.2. The number of esters is 1. The molecular formula is C32H45N3O8. The zero-order valence-electron chi connectivity index (χ0n) is 26.0. The van der Waals surface area contributed by atoms with Crippen LogP contribution >= 0.6 is 0 Å². The van der Waals surface area contributed by atoms with Crippen molar-refractivity contribution in [1.29, 1.82) is 0 Å². The summed E-state index contributed by atoms with van der Waals surface area (Å²) >= 11 is 0. The average Bonchev–Trinajstić information content (AvgIpc) is 2.95. The fourth-order valence-electron chi connectivity index (χ4n) is 4.29. The van der Waals surface area contributed by atoms with Crippen LogP contribution in [0.1, 0.15) is 45.7 Å². The van der Waals surface area contributed by atoms with E-state index in [4.69, 9.17) is 18.9 Å². The molecule has 11 heteroatoms. The van der Waals surface area contributed by atoms with E-state index in [-0.39, 0.29) is 25.6 Å². The molecule has 0 saturated heterocycles. The van der Waals surface area contributed by atoms with Crippen molar-refractivity contribution in [3.63, 3.8) is 0 Å². The smallest absolute Gasteiger partial charge is 0.407 e. The summed E-state index contributed by atoms with van der Waals surface area (Å²) in [6.07, 6.45) is -1.56. The van der Waals surface area contributed by atoms with E-state index in [0.717, 1.165) is 11.1 Å². The van der Waals surface area contributed by atoms with E-state index in [1.807, 2.05) is 60.7 Å². The Morgan fingerprint density at radius 1 is 0.767 bits per heavy atom. The van der Waals surface area contributed by atoms with Gasteiger partial charge < -0.3 is 34.9 Å². The number of carbonyl (C=O) groups is 4. The van der Waals surface area contributed by atoms with Crippen LogP contribution in [-0.4, -0.2) is 74.7 Å². The van der Waals surface area contributed by atoms with Gasteiger partial charge in [0.25, 0.3) is 5.91 Å². The van der Waals surface area contributed by atoms with Crippen LogP contribution in [0, 0.1) is 5.92 Å². The van der Waals surface area contributed by atoms with Crippen molar-refractivity contribution in [2.45, 2.75) is 77.3 Å². The Morgan fingerprint density at radius 2 is 1.33 bits per heavy atom. The Hall–Kier alpha value is -3.96. The van der Waals surface area contributed by atoms with Crippen LogP contribution in [0.5, 0.6) is 0 Å². The Labute approximate surface area is 254 Å². The number of hydrogen-bond acceptors (Lipinski definition) is 8. The normalized spacial score (nSPS) is 14.1. The molecular weight excluding hydrogens is 554 g/mol. The molecule has 0 aliphatic heterocycles. The maximum absolute atomic E-state index is 13.8. The van der Waals surface area contributed by atoms with Gasteiger partial charge in [-0.3, -0.25) is 9.59 Å². The molecule has 236 valence electrons. The van der Waals surface area contributed by atoms with E-state index in [1.165, 1.54) is 14.2 Å². The summed E-state index contributed by atoms with van der Waals surface area (Å²) < 4.78 is 21.2. The molecule has 0 aliphatic carbocycles. The van der Waals surface area contributed by atoms with Crippen LogP contribution in [0.25, 0.3) is 0 Å². The molecule has 0 heterocycles. The van der Waals surface area contributed by atoms with Gasteiger partial charge in [-0.2, -0.15) is 0 Å². The van der Waals surface area contributed by atoms with Crippen molar-refractivity contribution in [3.8, 4) is 0 Å². The quantitative estimate of drug-likeness (QED) is 0.210. The number of amides is 3. The maximum Gasteiger partial charge on any atom is 0.407 e. The molecule has 4 atom stereocenters. The van der Waals surface area contributed by atoms with Gasteiger partial charge in [-0.05, 0) is 44.2 Å². The predicted octanol–water partition coefficient (Wildman–Crippen LogP) is 3.15. The summed E-state index contributed by atoms with van der Waals surface area (Å²) in [4.78, 5) is 52.6. The molecule has 2 rings (SSSR count). The molecule has 2 aromatic rings. The number of hydrogen-bond donors (Lipinski definition) is 3.